The maximum atomic E-state index is 12.1. The highest BCUT2D eigenvalue weighted by Crippen LogP contribution is 2.35. The van der Waals surface area contributed by atoms with Crippen LogP contribution in [0.4, 0.5) is 4.79 Å². The quantitative estimate of drug-likeness (QED) is 0.725. The number of hydrogen-bond acceptors (Lipinski definition) is 3. The van der Waals surface area contributed by atoms with Crippen LogP contribution in [-0.4, -0.2) is 42.4 Å². The summed E-state index contributed by atoms with van der Waals surface area (Å²) in [7, 11) is 1.75. The minimum atomic E-state index is -0.439. The molecule has 106 valence electrons. The van der Waals surface area contributed by atoms with Crippen molar-refractivity contribution in [1.29, 1.82) is 0 Å². The number of piperidine rings is 1. The molecular weight excluding hydrogens is 230 g/mol. The van der Waals surface area contributed by atoms with E-state index in [-0.39, 0.29) is 11.7 Å². The first-order chi connectivity index (χ1) is 8.10. The molecular formula is C14H27NO3. The molecule has 1 rings (SSSR count). The number of nitrogens with zero attached hydrogens (tertiary/aromatic N) is 1. The van der Waals surface area contributed by atoms with Crippen LogP contribution in [0, 0.1) is 11.8 Å². The average Bonchev–Trinajstić information content (AvgIpc) is 2.22. The summed E-state index contributed by atoms with van der Waals surface area (Å²) in [5.74, 6) is 0.581. The van der Waals surface area contributed by atoms with E-state index in [4.69, 9.17) is 9.47 Å². The third-order valence-electron chi connectivity index (χ3n) is 4.04. The van der Waals surface area contributed by atoms with Crippen molar-refractivity contribution in [2.24, 2.45) is 11.8 Å². The van der Waals surface area contributed by atoms with Gasteiger partial charge in [0.1, 0.15) is 5.60 Å². The number of rotatable bonds is 1. The Morgan fingerprint density at radius 2 is 1.67 bits per heavy atom. The van der Waals surface area contributed by atoms with Crippen molar-refractivity contribution in [3.63, 3.8) is 0 Å². The number of amides is 1. The molecule has 18 heavy (non-hydrogen) atoms. The van der Waals surface area contributed by atoms with E-state index in [9.17, 15) is 4.79 Å². The molecule has 0 aromatic rings. The SMILES string of the molecule is COC1(C)[C@H](C)CN(C(=O)OC(C)(C)C)C[C@@H]1C. The number of ether oxygens (including phenoxy) is 2. The lowest BCUT2D eigenvalue weighted by molar-refractivity contribution is -0.117. The highest BCUT2D eigenvalue weighted by Gasteiger charge is 2.44. The molecule has 4 nitrogen and oxygen atoms in total. The molecule has 0 aromatic heterocycles. The van der Waals surface area contributed by atoms with E-state index in [0.29, 0.717) is 24.9 Å². The van der Waals surface area contributed by atoms with Crippen LogP contribution in [0.2, 0.25) is 0 Å². The van der Waals surface area contributed by atoms with Gasteiger partial charge in [0.05, 0.1) is 5.60 Å². The third-order valence-corrected chi connectivity index (χ3v) is 4.04. The van der Waals surface area contributed by atoms with E-state index in [1.165, 1.54) is 0 Å². The molecule has 1 heterocycles. The maximum Gasteiger partial charge on any atom is 0.410 e. The van der Waals surface area contributed by atoms with Crippen LogP contribution in [0.1, 0.15) is 41.5 Å². The standard InChI is InChI=1S/C14H27NO3/c1-10-8-15(12(16)18-13(3,4)5)9-11(2)14(10,6)17-7/h10-11H,8-9H2,1-7H3/t10-,11+,14?. The number of methoxy groups -OCH3 is 1. The zero-order valence-electron chi connectivity index (χ0n) is 12.7. The summed E-state index contributed by atoms with van der Waals surface area (Å²) in [4.78, 5) is 13.9. The maximum absolute atomic E-state index is 12.1. The van der Waals surface area contributed by atoms with Crippen molar-refractivity contribution in [1.82, 2.24) is 4.90 Å². The summed E-state index contributed by atoms with van der Waals surface area (Å²) < 4.78 is 11.1. The van der Waals surface area contributed by atoms with Gasteiger partial charge in [0, 0.05) is 32.0 Å². The number of carbonyl (C=O) groups is 1. The van der Waals surface area contributed by atoms with Gasteiger partial charge in [0.25, 0.3) is 0 Å². The van der Waals surface area contributed by atoms with Gasteiger partial charge in [-0.05, 0) is 27.7 Å². The Bertz CT molecular complexity index is 297. The largest absolute Gasteiger partial charge is 0.444 e. The van der Waals surface area contributed by atoms with Gasteiger partial charge in [0.15, 0.2) is 0 Å². The second-order valence-electron chi connectivity index (χ2n) is 6.58. The van der Waals surface area contributed by atoms with Crippen LogP contribution in [0.15, 0.2) is 0 Å². The monoisotopic (exact) mass is 257 g/mol. The highest BCUT2D eigenvalue weighted by molar-refractivity contribution is 5.68. The summed E-state index contributed by atoms with van der Waals surface area (Å²) in [5.41, 5.74) is -0.607. The predicted molar refractivity (Wildman–Crippen MR) is 71.5 cm³/mol. The van der Waals surface area contributed by atoms with Gasteiger partial charge in [-0.3, -0.25) is 0 Å². The molecule has 0 saturated carbocycles. The van der Waals surface area contributed by atoms with Crippen molar-refractivity contribution < 1.29 is 14.3 Å². The predicted octanol–water partition coefficient (Wildman–Crippen LogP) is 2.91. The number of hydrogen-bond donors (Lipinski definition) is 0. The normalized spacial score (nSPS) is 33.4. The van der Waals surface area contributed by atoms with Crippen molar-refractivity contribution in [3.05, 3.63) is 0 Å². The Kier molecular flexibility index (Phi) is 4.31. The van der Waals surface area contributed by atoms with Crippen molar-refractivity contribution in [2.75, 3.05) is 20.2 Å². The van der Waals surface area contributed by atoms with Gasteiger partial charge in [-0.2, -0.15) is 0 Å². The first-order valence-electron chi connectivity index (χ1n) is 6.63. The summed E-state index contributed by atoms with van der Waals surface area (Å²) in [6, 6.07) is 0. The van der Waals surface area contributed by atoms with E-state index in [0.717, 1.165) is 0 Å². The molecule has 0 radical (unpaired) electrons. The van der Waals surface area contributed by atoms with Gasteiger partial charge in [0.2, 0.25) is 0 Å². The Morgan fingerprint density at radius 3 is 2.00 bits per heavy atom. The number of carbonyl (C=O) groups excluding carboxylic acids is 1. The minimum absolute atomic E-state index is 0.168. The minimum Gasteiger partial charge on any atom is -0.444 e. The topological polar surface area (TPSA) is 38.8 Å². The first-order valence-corrected chi connectivity index (χ1v) is 6.63. The summed E-state index contributed by atoms with van der Waals surface area (Å²) in [5, 5.41) is 0. The van der Waals surface area contributed by atoms with Crippen LogP contribution in [0.3, 0.4) is 0 Å². The molecule has 1 amide bonds. The van der Waals surface area contributed by atoms with E-state index in [2.05, 4.69) is 20.8 Å². The van der Waals surface area contributed by atoms with Crippen molar-refractivity contribution >= 4 is 6.09 Å². The lowest BCUT2D eigenvalue weighted by Gasteiger charge is -2.47. The lowest BCUT2D eigenvalue weighted by atomic mass is 9.76. The molecule has 1 saturated heterocycles. The Hall–Kier alpha value is -0.770. The summed E-state index contributed by atoms with van der Waals surface area (Å²) >= 11 is 0. The second kappa shape index (κ2) is 5.08. The molecule has 0 aliphatic carbocycles. The zero-order valence-corrected chi connectivity index (χ0v) is 12.7. The van der Waals surface area contributed by atoms with E-state index in [1.54, 1.807) is 12.0 Å². The van der Waals surface area contributed by atoms with E-state index >= 15 is 0 Å². The second-order valence-corrected chi connectivity index (χ2v) is 6.58. The van der Waals surface area contributed by atoms with Crippen molar-refractivity contribution in [2.45, 2.75) is 52.7 Å². The zero-order chi connectivity index (χ0) is 14.1. The van der Waals surface area contributed by atoms with Crippen LogP contribution >= 0.6 is 0 Å². The average molecular weight is 257 g/mol. The Labute approximate surface area is 111 Å². The molecule has 0 aromatic carbocycles. The van der Waals surface area contributed by atoms with Gasteiger partial charge in [-0.25, -0.2) is 4.79 Å². The fraction of sp³-hybridized carbons (Fsp3) is 0.929. The van der Waals surface area contributed by atoms with Gasteiger partial charge in [-0.1, -0.05) is 13.8 Å². The van der Waals surface area contributed by atoms with Crippen LogP contribution in [-0.2, 0) is 9.47 Å². The summed E-state index contributed by atoms with van der Waals surface area (Å²) in [6.45, 7) is 13.4. The van der Waals surface area contributed by atoms with E-state index < -0.39 is 5.60 Å². The van der Waals surface area contributed by atoms with Crippen LogP contribution in [0.5, 0.6) is 0 Å². The molecule has 0 N–H and O–H groups in total. The molecule has 1 aliphatic rings. The number of likely N-dealkylation sites (tertiary alicyclic amines) is 1. The van der Waals surface area contributed by atoms with Gasteiger partial charge in [-0.15, -0.1) is 0 Å². The first kappa shape index (κ1) is 15.3. The van der Waals surface area contributed by atoms with Crippen LogP contribution in [0.25, 0.3) is 0 Å². The molecule has 0 bridgehead atoms. The molecule has 1 fully saturated rings. The highest BCUT2D eigenvalue weighted by atomic mass is 16.6. The Morgan fingerprint density at radius 1 is 1.22 bits per heavy atom. The third kappa shape index (κ3) is 3.16. The summed E-state index contributed by atoms with van der Waals surface area (Å²) in [6.07, 6.45) is -0.223. The molecule has 0 spiro atoms. The Balaban J connectivity index is 2.72. The fourth-order valence-corrected chi connectivity index (χ4v) is 2.46. The molecule has 4 heteroatoms. The molecule has 3 atom stereocenters. The smallest absolute Gasteiger partial charge is 0.410 e. The fourth-order valence-electron chi connectivity index (χ4n) is 2.46. The van der Waals surface area contributed by atoms with Crippen molar-refractivity contribution in [3.8, 4) is 0 Å². The molecule has 1 aliphatic heterocycles. The van der Waals surface area contributed by atoms with E-state index in [1.807, 2.05) is 20.8 Å². The molecule has 1 unspecified atom stereocenters. The van der Waals surface area contributed by atoms with Gasteiger partial charge < -0.3 is 14.4 Å². The van der Waals surface area contributed by atoms with Gasteiger partial charge >= 0.3 is 6.09 Å². The lowest BCUT2D eigenvalue weighted by Crippen LogP contribution is -2.57. The van der Waals surface area contributed by atoms with Crippen LogP contribution < -0.4 is 0 Å².